The molecule has 1 unspecified atom stereocenters. The Morgan fingerprint density at radius 2 is 1.86 bits per heavy atom. The van der Waals surface area contributed by atoms with Gasteiger partial charge in [0, 0.05) is 19.1 Å². The van der Waals surface area contributed by atoms with E-state index in [1.165, 1.54) is 0 Å². The minimum Gasteiger partial charge on any atom is -0.491 e. The van der Waals surface area contributed by atoms with Gasteiger partial charge in [0.2, 0.25) is 0 Å². The number of aromatic nitrogens is 1. The molecule has 0 radical (unpaired) electrons. The van der Waals surface area contributed by atoms with Gasteiger partial charge in [-0.1, -0.05) is 0 Å². The van der Waals surface area contributed by atoms with E-state index < -0.39 is 0 Å². The van der Waals surface area contributed by atoms with Gasteiger partial charge in [-0.25, -0.2) is 4.98 Å². The predicted molar refractivity (Wildman–Crippen MR) is 87.5 cm³/mol. The third kappa shape index (κ3) is 4.76. The second-order valence-corrected chi connectivity index (χ2v) is 4.89. The summed E-state index contributed by atoms with van der Waals surface area (Å²) in [5, 5.41) is 9.55. The van der Waals surface area contributed by atoms with Crippen molar-refractivity contribution in [1.29, 1.82) is 0 Å². The number of likely N-dealkylation sites (tertiary alicyclic amines) is 1. The first kappa shape index (κ1) is 18.1. The maximum Gasteiger partial charge on any atom is 0.257 e. The van der Waals surface area contributed by atoms with Gasteiger partial charge in [0.05, 0.1) is 26.0 Å². The molecule has 0 spiro atoms. The van der Waals surface area contributed by atoms with Crippen molar-refractivity contribution in [2.24, 2.45) is 0 Å². The first-order chi connectivity index (χ1) is 10.2. The Bertz CT molecular complexity index is 423. The zero-order chi connectivity index (χ0) is 15.8. The van der Waals surface area contributed by atoms with E-state index >= 15 is 0 Å². The minimum atomic E-state index is -0.151. The molecule has 1 aromatic heterocycles. The molecule has 120 valence electrons. The number of nitrogens with zero attached hydrogens (tertiary/aromatic N) is 2. The molecule has 0 aliphatic carbocycles. The highest BCUT2D eigenvalue weighted by Gasteiger charge is 2.23. The summed E-state index contributed by atoms with van der Waals surface area (Å²) in [7, 11) is 3.20. The van der Waals surface area contributed by atoms with Crippen LogP contribution in [0.25, 0.3) is 0 Å². The number of aliphatic hydroxyl groups is 1. The molecule has 1 atom stereocenters. The van der Waals surface area contributed by atoms with Gasteiger partial charge in [-0.05, 0) is 38.2 Å². The minimum absolute atomic E-state index is 0.151. The highest BCUT2D eigenvalue weighted by atomic mass is 32.1. The van der Waals surface area contributed by atoms with Crippen molar-refractivity contribution in [3.8, 4) is 11.6 Å². The normalized spacial score (nSPS) is 17.6. The van der Waals surface area contributed by atoms with Crippen molar-refractivity contribution < 1.29 is 14.6 Å². The molecule has 1 aliphatic rings. The molecule has 21 heavy (non-hydrogen) atoms. The van der Waals surface area contributed by atoms with Crippen molar-refractivity contribution in [2.75, 3.05) is 33.6 Å². The fraction of sp³-hybridized carbons (Fsp3) is 0.667. The average Bonchev–Trinajstić information content (AvgIpc) is 2.56. The second-order valence-electron chi connectivity index (χ2n) is 4.89. The Labute approximate surface area is 132 Å². The molecule has 2 heterocycles. The molecule has 1 fully saturated rings. The van der Waals surface area contributed by atoms with Gasteiger partial charge in [0.25, 0.3) is 5.88 Å². The monoisotopic (exact) mass is 314 g/mol. The third-order valence-corrected chi connectivity index (χ3v) is 3.73. The zero-order valence-electron chi connectivity index (χ0n) is 13.2. The van der Waals surface area contributed by atoms with E-state index in [4.69, 9.17) is 9.47 Å². The number of methoxy groups -OCH3 is 2. The lowest BCUT2D eigenvalue weighted by molar-refractivity contribution is 0.0634. The molecule has 0 bridgehead atoms. The van der Waals surface area contributed by atoms with Crippen LogP contribution >= 0.6 is 12.6 Å². The van der Waals surface area contributed by atoms with Crippen LogP contribution in [0.2, 0.25) is 0 Å². The number of ether oxygens (including phenoxy) is 2. The highest BCUT2D eigenvalue weighted by molar-refractivity contribution is 7.79. The Morgan fingerprint density at radius 3 is 2.38 bits per heavy atom. The quantitative estimate of drug-likeness (QED) is 0.834. The van der Waals surface area contributed by atoms with Crippen LogP contribution in [0.4, 0.5) is 0 Å². The molecule has 1 aromatic rings. The molecule has 6 heteroatoms. The van der Waals surface area contributed by atoms with E-state index in [1.54, 1.807) is 20.5 Å². The van der Waals surface area contributed by atoms with Gasteiger partial charge in [-0.15, -0.1) is 0 Å². The van der Waals surface area contributed by atoms with Crippen molar-refractivity contribution in [3.05, 3.63) is 17.8 Å². The van der Waals surface area contributed by atoms with Crippen molar-refractivity contribution in [1.82, 2.24) is 9.88 Å². The first-order valence-electron chi connectivity index (χ1n) is 7.11. The topological polar surface area (TPSA) is 54.8 Å². The van der Waals surface area contributed by atoms with Crippen LogP contribution in [0.1, 0.15) is 31.5 Å². The number of hydrogen-bond donors (Lipinski definition) is 2. The Morgan fingerprint density at radius 1 is 1.24 bits per heavy atom. The second kappa shape index (κ2) is 9.12. The van der Waals surface area contributed by atoms with Crippen LogP contribution < -0.4 is 9.47 Å². The van der Waals surface area contributed by atoms with Crippen LogP contribution in [-0.4, -0.2) is 54.7 Å². The van der Waals surface area contributed by atoms with E-state index in [1.807, 2.05) is 12.1 Å². The zero-order valence-corrected chi connectivity index (χ0v) is 14.1. The molecular formula is C15H26N2O3S. The Hall–Kier alpha value is -0.980. The summed E-state index contributed by atoms with van der Waals surface area (Å²) in [5.74, 6) is 1.16. The highest BCUT2D eigenvalue weighted by Crippen LogP contribution is 2.29. The van der Waals surface area contributed by atoms with E-state index in [9.17, 15) is 5.11 Å². The van der Waals surface area contributed by atoms with Gasteiger partial charge in [-0.2, -0.15) is 12.6 Å². The van der Waals surface area contributed by atoms with Gasteiger partial charge in [0.1, 0.15) is 0 Å². The number of rotatable bonds is 4. The summed E-state index contributed by atoms with van der Waals surface area (Å²) in [6, 6.07) is 4.07. The molecule has 5 nitrogen and oxygen atoms in total. The average molecular weight is 314 g/mol. The fourth-order valence-electron chi connectivity index (χ4n) is 2.44. The van der Waals surface area contributed by atoms with Crippen molar-refractivity contribution in [2.45, 2.75) is 31.9 Å². The van der Waals surface area contributed by atoms with E-state index in [-0.39, 0.29) is 12.1 Å². The summed E-state index contributed by atoms with van der Waals surface area (Å²) in [4.78, 5) is 6.84. The van der Waals surface area contributed by atoms with Crippen molar-refractivity contribution in [3.63, 3.8) is 0 Å². The lowest BCUT2D eigenvalue weighted by atomic mass is 10.0. The maximum atomic E-state index is 9.55. The molecular weight excluding hydrogens is 288 g/mol. The third-order valence-electron chi connectivity index (χ3n) is 3.73. The van der Waals surface area contributed by atoms with Crippen LogP contribution in [0, 0.1) is 0 Å². The van der Waals surface area contributed by atoms with E-state index in [0.29, 0.717) is 11.6 Å². The van der Waals surface area contributed by atoms with Gasteiger partial charge >= 0.3 is 0 Å². The number of pyridine rings is 1. The lowest BCUT2D eigenvalue weighted by Gasteiger charge is -2.34. The van der Waals surface area contributed by atoms with Gasteiger partial charge in [0.15, 0.2) is 5.75 Å². The summed E-state index contributed by atoms with van der Waals surface area (Å²) in [6.07, 6.45) is 3.21. The largest absolute Gasteiger partial charge is 0.491 e. The Kier molecular flexibility index (Phi) is 7.85. The molecule has 0 aromatic carbocycles. The number of thiol groups is 1. The van der Waals surface area contributed by atoms with E-state index in [2.05, 4.69) is 29.4 Å². The van der Waals surface area contributed by atoms with Gasteiger partial charge in [-0.3, -0.25) is 4.90 Å². The summed E-state index contributed by atoms with van der Waals surface area (Å²) in [5.41, 5.74) is 0.967. The summed E-state index contributed by atoms with van der Waals surface area (Å²) >= 11 is 3.53. The number of piperidine rings is 1. The smallest absolute Gasteiger partial charge is 0.257 e. The fourth-order valence-corrected chi connectivity index (χ4v) is 2.44. The van der Waals surface area contributed by atoms with Crippen LogP contribution in [0.5, 0.6) is 11.6 Å². The van der Waals surface area contributed by atoms with Crippen molar-refractivity contribution >= 4 is 12.6 Å². The maximum absolute atomic E-state index is 9.55. The number of hydrogen-bond acceptors (Lipinski definition) is 6. The summed E-state index contributed by atoms with van der Waals surface area (Å²) < 4.78 is 10.4. The Balaban J connectivity index is 0.00000106. The van der Waals surface area contributed by atoms with E-state index in [0.717, 1.165) is 31.6 Å². The number of aliphatic hydroxyl groups excluding tert-OH is 1. The first-order valence-corrected chi connectivity index (χ1v) is 8.01. The SMILES string of the molecule is COc1ccc(C(C)N2CCC(O)CC2)nc1OC.CS. The summed E-state index contributed by atoms with van der Waals surface area (Å²) in [6.45, 7) is 3.93. The molecule has 1 aliphatic heterocycles. The van der Waals surface area contributed by atoms with Crippen LogP contribution in [-0.2, 0) is 0 Å². The molecule has 2 rings (SSSR count). The predicted octanol–water partition coefficient (Wildman–Crippen LogP) is 2.16. The van der Waals surface area contributed by atoms with Crippen LogP contribution in [0.15, 0.2) is 12.1 Å². The molecule has 0 saturated carbocycles. The lowest BCUT2D eigenvalue weighted by Crippen LogP contribution is -2.37. The van der Waals surface area contributed by atoms with Crippen LogP contribution in [0.3, 0.4) is 0 Å². The standard InChI is InChI=1S/C14H22N2O3.CH4S/c1-10(16-8-6-11(17)7-9-16)12-4-5-13(18-2)14(15-12)19-3;1-2/h4-5,10-11,17H,6-9H2,1-3H3;2H,1H3. The molecule has 0 amide bonds. The molecule has 1 saturated heterocycles. The molecule has 1 N–H and O–H groups in total. The van der Waals surface area contributed by atoms with Gasteiger partial charge < -0.3 is 14.6 Å².